The summed E-state index contributed by atoms with van der Waals surface area (Å²) in [5.74, 6) is 0.706. The average Bonchev–Trinajstić information content (AvgIpc) is 2.74. The lowest BCUT2D eigenvalue weighted by molar-refractivity contribution is 0.568. The SMILES string of the molecule is S=C(Oc1ccc(Cl)cc1)c1cccs1. The predicted octanol–water partition coefficient (Wildman–Crippen LogP) is 4.16. The molecule has 4 heteroatoms. The number of hydrogen-bond donors (Lipinski definition) is 0. The number of hydrogen-bond acceptors (Lipinski definition) is 3. The van der Waals surface area contributed by atoms with Gasteiger partial charge in [0.05, 0.1) is 4.88 Å². The van der Waals surface area contributed by atoms with E-state index in [2.05, 4.69) is 0 Å². The van der Waals surface area contributed by atoms with Crippen molar-refractivity contribution in [2.24, 2.45) is 0 Å². The van der Waals surface area contributed by atoms with Crippen molar-refractivity contribution in [1.29, 1.82) is 0 Å². The third kappa shape index (κ3) is 2.78. The van der Waals surface area contributed by atoms with Crippen LogP contribution in [0.1, 0.15) is 4.88 Å². The van der Waals surface area contributed by atoms with E-state index < -0.39 is 0 Å². The molecule has 1 aromatic heterocycles. The lowest BCUT2D eigenvalue weighted by Gasteiger charge is -2.04. The maximum Gasteiger partial charge on any atom is 0.207 e. The van der Waals surface area contributed by atoms with Gasteiger partial charge in [0.1, 0.15) is 5.75 Å². The molecular formula is C11H7ClOS2. The molecule has 1 heterocycles. The molecule has 0 aliphatic carbocycles. The molecule has 0 saturated carbocycles. The van der Waals surface area contributed by atoms with Crippen molar-refractivity contribution in [2.45, 2.75) is 0 Å². The van der Waals surface area contributed by atoms with E-state index in [1.807, 2.05) is 17.5 Å². The van der Waals surface area contributed by atoms with Gasteiger partial charge in [0, 0.05) is 5.02 Å². The summed E-state index contributed by atoms with van der Waals surface area (Å²) in [6.45, 7) is 0. The second-order valence-electron chi connectivity index (χ2n) is 2.82. The molecule has 0 aliphatic rings. The van der Waals surface area contributed by atoms with E-state index in [9.17, 15) is 0 Å². The predicted molar refractivity (Wildman–Crippen MR) is 68.1 cm³/mol. The molecule has 0 fully saturated rings. The first-order chi connectivity index (χ1) is 7.25. The van der Waals surface area contributed by atoms with Gasteiger partial charge >= 0.3 is 0 Å². The third-order valence-corrected chi connectivity index (χ3v) is 3.30. The summed E-state index contributed by atoms with van der Waals surface area (Å²) in [5, 5.41) is 3.14. The minimum Gasteiger partial charge on any atom is -0.444 e. The molecular weight excluding hydrogens is 248 g/mol. The van der Waals surface area contributed by atoms with E-state index >= 15 is 0 Å². The summed E-state index contributed by atoms with van der Waals surface area (Å²) in [6, 6.07) is 11.0. The molecule has 0 spiro atoms. The molecule has 2 aromatic rings. The average molecular weight is 255 g/mol. The number of halogens is 1. The van der Waals surface area contributed by atoms with Crippen LogP contribution in [-0.2, 0) is 0 Å². The summed E-state index contributed by atoms with van der Waals surface area (Å²) < 4.78 is 5.50. The molecule has 2 rings (SSSR count). The fourth-order valence-electron chi connectivity index (χ4n) is 1.05. The minimum atomic E-state index is 0.493. The Morgan fingerprint density at radius 2 is 1.93 bits per heavy atom. The van der Waals surface area contributed by atoms with Gasteiger partial charge in [-0.3, -0.25) is 0 Å². The number of rotatable bonds is 2. The van der Waals surface area contributed by atoms with E-state index in [4.69, 9.17) is 28.6 Å². The molecule has 1 nitrogen and oxygen atoms in total. The topological polar surface area (TPSA) is 9.23 Å². The fraction of sp³-hybridized carbons (Fsp3) is 0. The molecule has 0 bridgehead atoms. The normalized spacial score (nSPS) is 9.93. The smallest absolute Gasteiger partial charge is 0.207 e. The highest BCUT2D eigenvalue weighted by Crippen LogP contribution is 2.18. The third-order valence-electron chi connectivity index (χ3n) is 1.75. The Bertz CT molecular complexity index is 448. The second kappa shape index (κ2) is 4.75. The van der Waals surface area contributed by atoms with Gasteiger partial charge in [-0.15, -0.1) is 11.3 Å². The highest BCUT2D eigenvalue weighted by atomic mass is 35.5. The lowest BCUT2D eigenvalue weighted by Crippen LogP contribution is -2.04. The van der Waals surface area contributed by atoms with Crippen LogP contribution in [0.2, 0.25) is 5.02 Å². The molecule has 76 valence electrons. The van der Waals surface area contributed by atoms with Crippen LogP contribution >= 0.6 is 35.2 Å². The largest absolute Gasteiger partial charge is 0.444 e. The van der Waals surface area contributed by atoms with E-state index in [-0.39, 0.29) is 0 Å². The van der Waals surface area contributed by atoms with E-state index in [1.165, 1.54) is 0 Å². The number of thiocarbonyl (C=S) groups is 1. The van der Waals surface area contributed by atoms with Crippen molar-refractivity contribution in [3.8, 4) is 5.75 Å². The van der Waals surface area contributed by atoms with Gasteiger partial charge in [0.15, 0.2) is 0 Å². The standard InChI is InChI=1S/C11H7ClOS2/c12-8-3-5-9(6-4-8)13-11(14)10-2-1-7-15-10/h1-7H. The van der Waals surface area contributed by atoms with E-state index in [1.54, 1.807) is 35.6 Å². The summed E-state index contributed by atoms with van der Waals surface area (Å²) in [4.78, 5) is 0.958. The molecule has 0 atom stereocenters. The molecule has 0 unspecified atom stereocenters. The lowest BCUT2D eigenvalue weighted by atomic mass is 10.3. The molecule has 0 radical (unpaired) electrons. The van der Waals surface area contributed by atoms with Crippen molar-refractivity contribution in [3.63, 3.8) is 0 Å². The maximum absolute atomic E-state index is 5.76. The molecule has 1 aromatic carbocycles. The molecule has 15 heavy (non-hydrogen) atoms. The first-order valence-corrected chi connectivity index (χ1v) is 5.93. The Hall–Kier alpha value is -0.900. The van der Waals surface area contributed by atoms with Crippen molar-refractivity contribution in [3.05, 3.63) is 51.7 Å². The van der Waals surface area contributed by atoms with Crippen molar-refractivity contribution >= 4 is 40.2 Å². The summed E-state index contributed by atoms with van der Waals surface area (Å²) in [7, 11) is 0. The van der Waals surface area contributed by atoms with Gasteiger partial charge in [-0.2, -0.15) is 0 Å². The van der Waals surface area contributed by atoms with Crippen molar-refractivity contribution in [2.75, 3.05) is 0 Å². The Morgan fingerprint density at radius 3 is 2.53 bits per heavy atom. The zero-order valence-electron chi connectivity index (χ0n) is 7.64. The first kappa shape index (κ1) is 10.6. The zero-order valence-corrected chi connectivity index (χ0v) is 10.0. The molecule has 0 N–H and O–H groups in total. The van der Waals surface area contributed by atoms with E-state index in [0.29, 0.717) is 15.8 Å². The van der Waals surface area contributed by atoms with Crippen molar-refractivity contribution < 1.29 is 4.74 Å². The van der Waals surface area contributed by atoms with Gasteiger partial charge < -0.3 is 4.74 Å². The Kier molecular flexibility index (Phi) is 3.36. The van der Waals surface area contributed by atoms with Crippen LogP contribution in [0.25, 0.3) is 0 Å². The second-order valence-corrected chi connectivity index (χ2v) is 4.58. The van der Waals surface area contributed by atoms with Gasteiger partial charge in [-0.1, -0.05) is 17.7 Å². The maximum atomic E-state index is 5.76. The van der Waals surface area contributed by atoms with Crippen LogP contribution in [0.15, 0.2) is 41.8 Å². The minimum absolute atomic E-state index is 0.493. The molecule has 0 aliphatic heterocycles. The van der Waals surface area contributed by atoms with Gasteiger partial charge in [0.25, 0.3) is 0 Å². The quantitative estimate of drug-likeness (QED) is 0.745. The van der Waals surface area contributed by atoms with Crippen LogP contribution in [0.3, 0.4) is 0 Å². The number of benzene rings is 1. The summed E-state index contributed by atoms with van der Waals surface area (Å²) >= 11 is 12.5. The molecule has 0 saturated heterocycles. The van der Waals surface area contributed by atoms with Gasteiger partial charge in [0.2, 0.25) is 5.05 Å². The van der Waals surface area contributed by atoms with Crippen LogP contribution in [0.5, 0.6) is 5.75 Å². The van der Waals surface area contributed by atoms with Crippen LogP contribution in [-0.4, -0.2) is 5.05 Å². The zero-order chi connectivity index (χ0) is 10.7. The van der Waals surface area contributed by atoms with Crippen LogP contribution in [0.4, 0.5) is 0 Å². The Morgan fingerprint density at radius 1 is 1.20 bits per heavy atom. The summed E-state index contributed by atoms with van der Waals surface area (Å²) in [5.41, 5.74) is 0. The van der Waals surface area contributed by atoms with Gasteiger partial charge in [-0.25, -0.2) is 0 Å². The number of ether oxygens (including phenoxy) is 1. The number of thiophene rings is 1. The van der Waals surface area contributed by atoms with Crippen LogP contribution < -0.4 is 4.74 Å². The highest BCUT2D eigenvalue weighted by Gasteiger charge is 2.04. The Labute approximate surface area is 102 Å². The van der Waals surface area contributed by atoms with Crippen molar-refractivity contribution in [1.82, 2.24) is 0 Å². The Balaban J connectivity index is 2.09. The summed E-state index contributed by atoms with van der Waals surface area (Å²) in [6.07, 6.45) is 0. The fourth-order valence-corrected chi connectivity index (χ4v) is 2.09. The first-order valence-electron chi connectivity index (χ1n) is 4.27. The highest BCUT2D eigenvalue weighted by molar-refractivity contribution is 7.80. The monoisotopic (exact) mass is 254 g/mol. The van der Waals surface area contributed by atoms with Crippen LogP contribution in [0, 0.1) is 0 Å². The van der Waals surface area contributed by atoms with Gasteiger partial charge in [-0.05, 0) is 47.9 Å². The molecule has 0 amide bonds. The van der Waals surface area contributed by atoms with E-state index in [0.717, 1.165) is 4.88 Å².